The molecule has 3 aromatic rings. The number of rotatable bonds is 8. The van der Waals surface area contributed by atoms with Crippen molar-refractivity contribution in [3.05, 3.63) is 53.5 Å². The first-order valence-corrected chi connectivity index (χ1v) is 9.74. The Bertz CT molecular complexity index is 962. The smallest absolute Gasteiger partial charge is 0.277 e. The second-order valence-electron chi connectivity index (χ2n) is 6.32. The minimum atomic E-state index is -0.371. The fourth-order valence-electron chi connectivity index (χ4n) is 2.63. The molecule has 1 unspecified atom stereocenters. The number of furan rings is 1. The van der Waals surface area contributed by atoms with Crippen LogP contribution in [-0.4, -0.2) is 33.7 Å². The number of nitrogens with one attached hydrogen (secondary N) is 1. The summed E-state index contributed by atoms with van der Waals surface area (Å²) in [6.07, 6.45) is 2.28. The maximum absolute atomic E-state index is 12.7. The van der Waals surface area contributed by atoms with Gasteiger partial charge in [-0.1, -0.05) is 36.0 Å². The summed E-state index contributed by atoms with van der Waals surface area (Å²) in [4.78, 5) is 23.6. The lowest BCUT2D eigenvalue weighted by Crippen LogP contribution is -2.22. The van der Waals surface area contributed by atoms with Crippen LogP contribution in [0.4, 0.5) is 0 Å². The zero-order chi connectivity index (χ0) is 20.1. The van der Waals surface area contributed by atoms with E-state index in [1.165, 1.54) is 18.7 Å². The molecule has 3 rings (SSSR count). The maximum atomic E-state index is 12.7. The molecule has 7 nitrogen and oxygen atoms in total. The number of hydrogen-bond acceptors (Lipinski definition) is 7. The normalized spacial score (nSPS) is 12.0. The Hall–Kier alpha value is -2.87. The van der Waals surface area contributed by atoms with Crippen molar-refractivity contribution in [2.24, 2.45) is 0 Å². The van der Waals surface area contributed by atoms with E-state index >= 15 is 0 Å². The zero-order valence-corrected chi connectivity index (χ0v) is 16.7. The number of ketones is 1. The van der Waals surface area contributed by atoms with Crippen LogP contribution in [0, 0.1) is 6.92 Å². The van der Waals surface area contributed by atoms with Crippen molar-refractivity contribution in [3.63, 3.8) is 0 Å². The highest BCUT2D eigenvalue weighted by atomic mass is 32.2. The van der Waals surface area contributed by atoms with Gasteiger partial charge in [-0.05, 0) is 31.9 Å². The van der Waals surface area contributed by atoms with Gasteiger partial charge in [0.05, 0.1) is 17.1 Å². The number of aromatic nitrogens is 2. The fraction of sp³-hybridized carbons (Fsp3) is 0.300. The number of thioether (sulfide) groups is 1. The number of nitrogens with zero attached hydrogens (tertiary/aromatic N) is 2. The van der Waals surface area contributed by atoms with Crippen LogP contribution in [0.3, 0.4) is 0 Å². The first kappa shape index (κ1) is 19.9. The summed E-state index contributed by atoms with van der Waals surface area (Å²) in [7, 11) is 0. The second kappa shape index (κ2) is 8.88. The molecule has 0 aliphatic carbocycles. The van der Waals surface area contributed by atoms with Gasteiger partial charge in [-0.3, -0.25) is 9.59 Å². The molecule has 146 valence electrons. The Labute approximate surface area is 166 Å². The standard InChI is InChI=1S/C20H21N3O4S/c1-12-17(9-11-26-12)19-22-23-20(27-19)28-13(2)18(25)16-6-4-15(5-7-16)8-10-21-14(3)24/h4-7,9,11,13H,8,10H2,1-3H3,(H,21,24). The van der Waals surface area contributed by atoms with Gasteiger partial charge in [0.25, 0.3) is 11.1 Å². The monoisotopic (exact) mass is 399 g/mol. The Morgan fingerprint density at radius 2 is 1.93 bits per heavy atom. The average molecular weight is 399 g/mol. The van der Waals surface area contributed by atoms with E-state index in [4.69, 9.17) is 8.83 Å². The van der Waals surface area contributed by atoms with Crippen LogP contribution in [0.2, 0.25) is 0 Å². The summed E-state index contributed by atoms with van der Waals surface area (Å²) < 4.78 is 10.9. The molecule has 28 heavy (non-hydrogen) atoms. The van der Waals surface area contributed by atoms with Crippen LogP contribution in [0.25, 0.3) is 11.5 Å². The number of benzene rings is 1. The Kier molecular flexibility index (Phi) is 6.30. The highest BCUT2D eigenvalue weighted by Crippen LogP contribution is 2.29. The highest BCUT2D eigenvalue weighted by Gasteiger charge is 2.21. The molecule has 2 heterocycles. The molecule has 0 radical (unpaired) electrons. The molecule has 0 saturated heterocycles. The number of Topliss-reactive ketones (excluding diaryl/α,β-unsaturated/α-hetero) is 1. The summed E-state index contributed by atoms with van der Waals surface area (Å²) in [5, 5.41) is 10.7. The topological polar surface area (TPSA) is 98.2 Å². The third-order valence-electron chi connectivity index (χ3n) is 4.17. The number of carbonyl (C=O) groups excluding carboxylic acids is 2. The molecule has 0 saturated carbocycles. The van der Waals surface area contributed by atoms with Gasteiger partial charge < -0.3 is 14.2 Å². The van der Waals surface area contributed by atoms with E-state index in [0.29, 0.717) is 29.0 Å². The highest BCUT2D eigenvalue weighted by molar-refractivity contribution is 8.00. The molecule has 1 atom stereocenters. The van der Waals surface area contributed by atoms with Crippen molar-refractivity contribution in [1.82, 2.24) is 15.5 Å². The van der Waals surface area contributed by atoms with Gasteiger partial charge in [0.2, 0.25) is 5.91 Å². The van der Waals surface area contributed by atoms with E-state index in [1.807, 2.05) is 26.0 Å². The average Bonchev–Trinajstić information content (AvgIpc) is 3.30. The van der Waals surface area contributed by atoms with Crippen LogP contribution in [0.15, 0.2) is 50.7 Å². The van der Waals surface area contributed by atoms with Crippen molar-refractivity contribution in [1.29, 1.82) is 0 Å². The molecule has 8 heteroatoms. The van der Waals surface area contributed by atoms with Crippen molar-refractivity contribution >= 4 is 23.5 Å². The predicted octanol–water partition coefficient (Wildman–Crippen LogP) is 3.68. The fourth-order valence-corrected chi connectivity index (χ4v) is 3.39. The van der Waals surface area contributed by atoms with E-state index in [1.54, 1.807) is 24.5 Å². The van der Waals surface area contributed by atoms with Gasteiger partial charge >= 0.3 is 0 Å². The van der Waals surface area contributed by atoms with E-state index in [0.717, 1.165) is 17.5 Å². The molecule has 0 fully saturated rings. The molecule has 1 aromatic carbocycles. The van der Waals surface area contributed by atoms with Crippen molar-refractivity contribution < 1.29 is 18.4 Å². The summed E-state index contributed by atoms with van der Waals surface area (Å²) >= 11 is 1.22. The molecule has 1 amide bonds. The number of hydrogen-bond donors (Lipinski definition) is 1. The molecule has 2 aromatic heterocycles. The van der Waals surface area contributed by atoms with Gasteiger partial charge in [0.15, 0.2) is 5.78 Å². The van der Waals surface area contributed by atoms with Gasteiger partial charge in [0, 0.05) is 19.0 Å². The summed E-state index contributed by atoms with van der Waals surface area (Å²) in [6.45, 7) is 5.69. The van der Waals surface area contributed by atoms with Gasteiger partial charge in [0.1, 0.15) is 5.76 Å². The molecular formula is C20H21N3O4S. The second-order valence-corrected chi connectivity index (χ2v) is 7.61. The Balaban J connectivity index is 1.59. The zero-order valence-electron chi connectivity index (χ0n) is 15.9. The van der Waals surface area contributed by atoms with E-state index in [-0.39, 0.29) is 16.9 Å². The van der Waals surface area contributed by atoms with Crippen molar-refractivity contribution in [2.45, 2.75) is 37.7 Å². The van der Waals surface area contributed by atoms with Crippen LogP contribution >= 0.6 is 11.8 Å². The first-order chi connectivity index (χ1) is 13.4. The molecular weight excluding hydrogens is 378 g/mol. The summed E-state index contributed by atoms with van der Waals surface area (Å²) in [5.74, 6) is 1.00. The quantitative estimate of drug-likeness (QED) is 0.456. The number of amides is 1. The van der Waals surface area contributed by atoms with Crippen LogP contribution < -0.4 is 5.32 Å². The van der Waals surface area contributed by atoms with Gasteiger partial charge in [-0.2, -0.15) is 0 Å². The largest absolute Gasteiger partial charge is 0.469 e. The number of carbonyl (C=O) groups is 2. The van der Waals surface area contributed by atoms with E-state index in [9.17, 15) is 9.59 Å². The van der Waals surface area contributed by atoms with Gasteiger partial charge in [-0.25, -0.2) is 0 Å². The lowest BCUT2D eigenvalue weighted by atomic mass is 10.0. The maximum Gasteiger partial charge on any atom is 0.277 e. The molecule has 0 aliphatic heterocycles. The molecule has 0 aliphatic rings. The minimum absolute atomic E-state index is 0.0161. The Morgan fingerprint density at radius 3 is 2.57 bits per heavy atom. The molecule has 0 spiro atoms. The van der Waals surface area contributed by atoms with Crippen LogP contribution in [0.1, 0.15) is 35.5 Å². The minimum Gasteiger partial charge on any atom is -0.469 e. The SMILES string of the molecule is CC(=O)NCCc1ccc(C(=O)C(C)Sc2nnc(-c3ccoc3C)o2)cc1. The lowest BCUT2D eigenvalue weighted by Gasteiger charge is -2.08. The Morgan fingerprint density at radius 1 is 1.18 bits per heavy atom. The summed E-state index contributed by atoms with van der Waals surface area (Å²) in [6, 6.07) is 9.17. The van der Waals surface area contributed by atoms with E-state index in [2.05, 4.69) is 15.5 Å². The molecule has 1 N–H and O–H groups in total. The lowest BCUT2D eigenvalue weighted by molar-refractivity contribution is -0.118. The van der Waals surface area contributed by atoms with E-state index < -0.39 is 0 Å². The summed E-state index contributed by atoms with van der Waals surface area (Å²) in [5.41, 5.74) is 2.42. The third-order valence-corrected chi connectivity index (χ3v) is 5.10. The third kappa shape index (κ3) is 4.89. The first-order valence-electron chi connectivity index (χ1n) is 8.86. The van der Waals surface area contributed by atoms with Gasteiger partial charge in [-0.15, -0.1) is 10.2 Å². The number of aryl methyl sites for hydroxylation is 1. The van der Waals surface area contributed by atoms with Crippen molar-refractivity contribution in [2.75, 3.05) is 6.54 Å². The van der Waals surface area contributed by atoms with Crippen LogP contribution in [-0.2, 0) is 11.2 Å². The van der Waals surface area contributed by atoms with Crippen LogP contribution in [0.5, 0.6) is 0 Å². The molecule has 0 bridgehead atoms. The predicted molar refractivity (Wildman–Crippen MR) is 105 cm³/mol. The van der Waals surface area contributed by atoms with Crippen molar-refractivity contribution in [3.8, 4) is 11.5 Å².